The molecule has 0 aliphatic rings. The van der Waals surface area contributed by atoms with E-state index in [1.54, 1.807) is 0 Å². The van der Waals surface area contributed by atoms with E-state index in [1.807, 2.05) is 36.4 Å². The number of rotatable bonds is 1. The fraction of sp³-hybridized carbons (Fsp3) is 0. The van der Waals surface area contributed by atoms with Crippen LogP contribution < -0.4 is 5.73 Å². The fourth-order valence-corrected chi connectivity index (χ4v) is 2.09. The molecule has 0 amide bonds. The SMILES string of the molecule is Nc1n[nH]c(-c2ccc(Cl)c3ccccc23)n1. The second-order valence-electron chi connectivity index (χ2n) is 3.68. The van der Waals surface area contributed by atoms with E-state index in [2.05, 4.69) is 15.2 Å². The highest BCUT2D eigenvalue weighted by atomic mass is 35.5. The number of benzene rings is 2. The van der Waals surface area contributed by atoms with Crippen molar-refractivity contribution in [3.63, 3.8) is 0 Å². The first kappa shape index (κ1) is 10.1. The van der Waals surface area contributed by atoms with Crippen molar-refractivity contribution >= 4 is 28.3 Å². The summed E-state index contributed by atoms with van der Waals surface area (Å²) in [7, 11) is 0. The van der Waals surface area contributed by atoms with E-state index in [0.29, 0.717) is 5.82 Å². The number of aromatic amines is 1. The van der Waals surface area contributed by atoms with Crippen LogP contribution in [0.2, 0.25) is 5.02 Å². The van der Waals surface area contributed by atoms with Crippen molar-refractivity contribution in [1.29, 1.82) is 0 Å². The van der Waals surface area contributed by atoms with Crippen LogP contribution in [0.1, 0.15) is 0 Å². The summed E-state index contributed by atoms with van der Waals surface area (Å²) in [5, 5.41) is 9.37. The molecule has 1 aromatic heterocycles. The Morgan fingerprint density at radius 1 is 1.06 bits per heavy atom. The van der Waals surface area contributed by atoms with Gasteiger partial charge in [0.05, 0.1) is 0 Å². The number of nitrogen functional groups attached to an aromatic ring is 1. The minimum Gasteiger partial charge on any atom is -0.366 e. The van der Waals surface area contributed by atoms with Crippen LogP contribution >= 0.6 is 11.6 Å². The van der Waals surface area contributed by atoms with Crippen molar-refractivity contribution in [3.8, 4) is 11.4 Å². The molecular weight excluding hydrogens is 236 g/mol. The summed E-state index contributed by atoms with van der Waals surface area (Å²) in [6.07, 6.45) is 0. The van der Waals surface area contributed by atoms with Crippen LogP contribution in [0.4, 0.5) is 5.95 Å². The van der Waals surface area contributed by atoms with Crippen molar-refractivity contribution in [2.75, 3.05) is 5.73 Å². The molecule has 2 aromatic carbocycles. The lowest BCUT2D eigenvalue weighted by Crippen LogP contribution is -1.86. The van der Waals surface area contributed by atoms with Crippen molar-refractivity contribution in [2.45, 2.75) is 0 Å². The summed E-state index contributed by atoms with van der Waals surface area (Å²) in [6, 6.07) is 11.6. The molecule has 84 valence electrons. The van der Waals surface area contributed by atoms with Crippen LogP contribution in [0.15, 0.2) is 36.4 Å². The first-order valence-electron chi connectivity index (χ1n) is 5.11. The fourth-order valence-electron chi connectivity index (χ4n) is 1.86. The second kappa shape index (κ2) is 3.75. The average molecular weight is 245 g/mol. The number of aromatic nitrogens is 3. The summed E-state index contributed by atoms with van der Waals surface area (Å²) in [6.45, 7) is 0. The third-order valence-electron chi connectivity index (χ3n) is 2.63. The third-order valence-corrected chi connectivity index (χ3v) is 2.96. The van der Waals surface area contributed by atoms with E-state index >= 15 is 0 Å². The van der Waals surface area contributed by atoms with Crippen LogP contribution in [0.5, 0.6) is 0 Å². The molecule has 0 atom stereocenters. The Balaban J connectivity index is 2.34. The molecule has 0 saturated carbocycles. The first-order valence-corrected chi connectivity index (χ1v) is 5.49. The van der Waals surface area contributed by atoms with E-state index in [4.69, 9.17) is 17.3 Å². The van der Waals surface area contributed by atoms with Crippen molar-refractivity contribution in [2.24, 2.45) is 0 Å². The molecule has 5 heteroatoms. The maximum atomic E-state index is 6.15. The van der Waals surface area contributed by atoms with Gasteiger partial charge in [0.25, 0.3) is 0 Å². The molecule has 1 heterocycles. The Morgan fingerprint density at radius 3 is 2.53 bits per heavy atom. The van der Waals surface area contributed by atoms with Gasteiger partial charge in [0.1, 0.15) is 0 Å². The molecular formula is C12H9ClN4. The summed E-state index contributed by atoms with van der Waals surface area (Å²) < 4.78 is 0. The number of anilines is 1. The summed E-state index contributed by atoms with van der Waals surface area (Å²) in [4.78, 5) is 4.13. The molecule has 0 bridgehead atoms. The number of H-pyrrole nitrogens is 1. The van der Waals surface area contributed by atoms with Gasteiger partial charge in [0.2, 0.25) is 5.95 Å². The molecule has 0 saturated heterocycles. The summed E-state index contributed by atoms with van der Waals surface area (Å²) in [5.74, 6) is 0.884. The smallest absolute Gasteiger partial charge is 0.239 e. The predicted octanol–water partition coefficient (Wildman–Crippen LogP) is 2.86. The first-order chi connectivity index (χ1) is 8.25. The lowest BCUT2D eigenvalue weighted by Gasteiger charge is -2.04. The molecule has 3 rings (SSSR count). The molecule has 0 unspecified atom stereocenters. The zero-order valence-electron chi connectivity index (χ0n) is 8.81. The van der Waals surface area contributed by atoms with Crippen molar-refractivity contribution < 1.29 is 0 Å². The van der Waals surface area contributed by atoms with Gasteiger partial charge >= 0.3 is 0 Å². The van der Waals surface area contributed by atoms with Crippen LogP contribution in [0, 0.1) is 0 Å². The Morgan fingerprint density at radius 2 is 1.82 bits per heavy atom. The molecule has 3 N–H and O–H groups in total. The maximum absolute atomic E-state index is 6.15. The minimum absolute atomic E-state index is 0.235. The van der Waals surface area contributed by atoms with Crippen LogP contribution in [0.3, 0.4) is 0 Å². The third kappa shape index (κ3) is 1.62. The lowest BCUT2D eigenvalue weighted by atomic mass is 10.0. The second-order valence-corrected chi connectivity index (χ2v) is 4.09. The standard InChI is InChI=1S/C12H9ClN4/c13-10-6-5-9(11-15-12(14)17-16-11)7-3-1-2-4-8(7)10/h1-6H,(H3,14,15,16,17). The van der Waals surface area contributed by atoms with Gasteiger partial charge in [-0.3, -0.25) is 5.10 Å². The predicted molar refractivity (Wildman–Crippen MR) is 68.7 cm³/mol. The largest absolute Gasteiger partial charge is 0.366 e. The Kier molecular flexibility index (Phi) is 2.23. The number of hydrogen-bond donors (Lipinski definition) is 2. The quantitative estimate of drug-likeness (QED) is 0.692. The van der Waals surface area contributed by atoms with Crippen LogP contribution in [-0.2, 0) is 0 Å². The minimum atomic E-state index is 0.235. The van der Waals surface area contributed by atoms with Crippen LogP contribution in [0.25, 0.3) is 22.2 Å². The number of fused-ring (bicyclic) bond motifs is 1. The average Bonchev–Trinajstić information content (AvgIpc) is 2.77. The Bertz CT molecular complexity index is 690. The van der Waals surface area contributed by atoms with Gasteiger partial charge in [0.15, 0.2) is 5.82 Å². The molecule has 0 fully saturated rings. The molecule has 4 nitrogen and oxygen atoms in total. The highest BCUT2D eigenvalue weighted by molar-refractivity contribution is 6.36. The number of nitrogens with zero attached hydrogens (tertiary/aromatic N) is 2. The van der Waals surface area contributed by atoms with E-state index in [1.165, 1.54) is 0 Å². The van der Waals surface area contributed by atoms with E-state index in [0.717, 1.165) is 21.4 Å². The van der Waals surface area contributed by atoms with E-state index < -0.39 is 0 Å². The summed E-state index contributed by atoms with van der Waals surface area (Å²) in [5.41, 5.74) is 6.45. The molecule has 17 heavy (non-hydrogen) atoms. The number of nitrogens with one attached hydrogen (secondary N) is 1. The van der Waals surface area contributed by atoms with E-state index in [9.17, 15) is 0 Å². The van der Waals surface area contributed by atoms with Gasteiger partial charge in [-0.15, -0.1) is 5.10 Å². The molecule has 0 aliphatic heterocycles. The summed E-state index contributed by atoms with van der Waals surface area (Å²) >= 11 is 6.15. The number of halogens is 1. The van der Waals surface area contributed by atoms with E-state index in [-0.39, 0.29) is 5.95 Å². The molecule has 0 radical (unpaired) electrons. The molecule has 0 spiro atoms. The Hall–Kier alpha value is -2.07. The van der Waals surface area contributed by atoms with Gasteiger partial charge in [0, 0.05) is 16.0 Å². The van der Waals surface area contributed by atoms with Gasteiger partial charge in [-0.1, -0.05) is 35.9 Å². The topological polar surface area (TPSA) is 67.6 Å². The van der Waals surface area contributed by atoms with Crippen LogP contribution in [-0.4, -0.2) is 15.2 Å². The van der Waals surface area contributed by atoms with Gasteiger partial charge in [-0.05, 0) is 17.5 Å². The maximum Gasteiger partial charge on any atom is 0.239 e. The van der Waals surface area contributed by atoms with Crippen molar-refractivity contribution in [3.05, 3.63) is 41.4 Å². The Labute approximate surface area is 102 Å². The molecule has 0 aliphatic carbocycles. The van der Waals surface area contributed by atoms with Gasteiger partial charge in [-0.25, -0.2) is 0 Å². The number of hydrogen-bond acceptors (Lipinski definition) is 3. The highest BCUT2D eigenvalue weighted by Gasteiger charge is 2.09. The normalized spacial score (nSPS) is 10.9. The van der Waals surface area contributed by atoms with Crippen molar-refractivity contribution in [1.82, 2.24) is 15.2 Å². The molecule has 3 aromatic rings. The zero-order chi connectivity index (χ0) is 11.8. The zero-order valence-corrected chi connectivity index (χ0v) is 9.57. The number of nitrogens with two attached hydrogens (primary N) is 1. The van der Waals surface area contributed by atoms with Gasteiger partial charge < -0.3 is 5.73 Å². The van der Waals surface area contributed by atoms with Gasteiger partial charge in [-0.2, -0.15) is 4.98 Å². The lowest BCUT2D eigenvalue weighted by molar-refractivity contribution is 1.10. The monoisotopic (exact) mass is 244 g/mol. The highest BCUT2D eigenvalue weighted by Crippen LogP contribution is 2.31.